The first-order valence-corrected chi connectivity index (χ1v) is 11.7. The molecule has 168 valence electrons. The van der Waals surface area contributed by atoms with Crippen molar-refractivity contribution in [3.8, 4) is 5.75 Å². The Morgan fingerprint density at radius 1 is 1.28 bits per heavy atom. The van der Waals surface area contributed by atoms with Crippen LogP contribution in [-0.2, 0) is 13.0 Å². The molecule has 3 heterocycles. The molecule has 0 aliphatic carbocycles. The van der Waals surface area contributed by atoms with Crippen molar-refractivity contribution in [2.24, 2.45) is 5.92 Å². The fourth-order valence-electron chi connectivity index (χ4n) is 4.80. The summed E-state index contributed by atoms with van der Waals surface area (Å²) in [6.45, 7) is 7.93. The zero-order chi connectivity index (χ0) is 22.3. The third-order valence-corrected chi connectivity index (χ3v) is 6.72. The van der Waals surface area contributed by atoms with Crippen molar-refractivity contribution in [1.29, 1.82) is 0 Å². The maximum Gasteiger partial charge on any atom is 0.287 e. The number of para-hydroxylation sites is 1. The Morgan fingerprint density at radius 2 is 2.09 bits per heavy atom. The Bertz CT molecular complexity index is 1150. The number of halogens is 1. The smallest absolute Gasteiger partial charge is 0.287 e. The number of fused-ring (bicyclic) bond motifs is 2. The monoisotopic (exact) mass is 452 g/mol. The van der Waals surface area contributed by atoms with Crippen LogP contribution < -0.4 is 10.1 Å². The van der Waals surface area contributed by atoms with Gasteiger partial charge in [0.25, 0.3) is 5.91 Å². The summed E-state index contributed by atoms with van der Waals surface area (Å²) in [7, 11) is 0. The number of amides is 1. The summed E-state index contributed by atoms with van der Waals surface area (Å²) in [5, 5.41) is 3.67. The molecular formula is C25H29ClN4O2. The molecule has 32 heavy (non-hydrogen) atoms. The van der Waals surface area contributed by atoms with Gasteiger partial charge in [0.1, 0.15) is 11.4 Å². The third kappa shape index (κ3) is 4.48. The first kappa shape index (κ1) is 21.3. The third-order valence-electron chi connectivity index (χ3n) is 6.48. The van der Waals surface area contributed by atoms with E-state index in [1.165, 1.54) is 11.1 Å². The number of aromatic nitrogens is 2. The maximum absolute atomic E-state index is 12.5. The fourth-order valence-corrected chi connectivity index (χ4v) is 4.98. The van der Waals surface area contributed by atoms with Gasteiger partial charge >= 0.3 is 0 Å². The van der Waals surface area contributed by atoms with E-state index < -0.39 is 0 Å². The highest BCUT2D eigenvalue weighted by Gasteiger charge is 2.32. The van der Waals surface area contributed by atoms with Gasteiger partial charge in [-0.05, 0) is 69.5 Å². The molecule has 0 bridgehead atoms. The molecule has 1 fully saturated rings. The summed E-state index contributed by atoms with van der Waals surface area (Å²) in [4.78, 5) is 22.5. The average molecular weight is 453 g/mol. The number of piperidine rings is 1. The van der Waals surface area contributed by atoms with Gasteiger partial charge in [0.05, 0.1) is 11.0 Å². The van der Waals surface area contributed by atoms with Gasteiger partial charge in [-0.25, -0.2) is 4.98 Å². The van der Waals surface area contributed by atoms with E-state index in [1.807, 2.05) is 6.07 Å². The van der Waals surface area contributed by atoms with Gasteiger partial charge in [-0.1, -0.05) is 29.8 Å². The molecule has 0 saturated carbocycles. The van der Waals surface area contributed by atoms with Crippen molar-refractivity contribution < 1.29 is 9.53 Å². The lowest BCUT2D eigenvalue weighted by Crippen LogP contribution is -2.38. The minimum atomic E-state index is -0.167. The zero-order valence-corrected chi connectivity index (χ0v) is 19.3. The highest BCUT2D eigenvalue weighted by molar-refractivity contribution is 6.31. The van der Waals surface area contributed by atoms with E-state index >= 15 is 0 Å². The van der Waals surface area contributed by atoms with Crippen LogP contribution in [0.1, 0.15) is 48.4 Å². The van der Waals surface area contributed by atoms with E-state index in [9.17, 15) is 4.79 Å². The minimum absolute atomic E-state index is 0.115. The van der Waals surface area contributed by atoms with Gasteiger partial charge in [0, 0.05) is 30.1 Å². The van der Waals surface area contributed by atoms with E-state index in [0.717, 1.165) is 55.7 Å². The van der Waals surface area contributed by atoms with Crippen LogP contribution >= 0.6 is 11.6 Å². The summed E-state index contributed by atoms with van der Waals surface area (Å²) < 4.78 is 6.23. The van der Waals surface area contributed by atoms with Crippen LogP contribution in [0.2, 0.25) is 5.02 Å². The van der Waals surface area contributed by atoms with E-state index in [-0.39, 0.29) is 11.5 Å². The molecule has 6 nitrogen and oxygen atoms in total. The number of carbonyl (C=O) groups is 1. The van der Waals surface area contributed by atoms with Crippen molar-refractivity contribution >= 4 is 28.5 Å². The Balaban J connectivity index is 1.12. The normalized spacial score (nSPS) is 18.5. The topological polar surface area (TPSA) is 70.2 Å². The second-order valence-electron chi connectivity index (χ2n) is 9.62. The van der Waals surface area contributed by atoms with Crippen LogP contribution in [0.5, 0.6) is 5.75 Å². The lowest BCUT2D eigenvalue weighted by Gasteiger charge is -2.32. The highest BCUT2D eigenvalue weighted by Crippen LogP contribution is 2.38. The molecule has 2 N–H and O–H groups in total. The molecule has 7 heteroatoms. The molecule has 2 aliphatic rings. The number of H-pyrrole nitrogens is 1. The standard InChI is InChI=1S/C25H29ClN4O2/c1-25(2)13-17-4-3-5-18(22(17)32-25)15-30-10-8-16(9-11-30)14-27-24(31)23-28-20-7-6-19(26)12-21(20)29-23/h3-7,12,16H,8-11,13-15H2,1-2H3,(H,27,31)(H,28,29). The summed E-state index contributed by atoms with van der Waals surface area (Å²) in [5.74, 6) is 1.73. The van der Waals surface area contributed by atoms with E-state index in [4.69, 9.17) is 16.3 Å². The molecular weight excluding hydrogens is 424 g/mol. The van der Waals surface area contributed by atoms with E-state index in [0.29, 0.717) is 23.3 Å². The van der Waals surface area contributed by atoms with Crippen molar-refractivity contribution in [1.82, 2.24) is 20.2 Å². The molecule has 1 aromatic heterocycles. The second-order valence-corrected chi connectivity index (χ2v) is 10.1. The number of benzene rings is 2. The van der Waals surface area contributed by atoms with Crippen molar-refractivity contribution in [3.05, 3.63) is 58.4 Å². The fraction of sp³-hybridized carbons (Fsp3) is 0.440. The Labute approximate surface area is 193 Å². The van der Waals surface area contributed by atoms with Gasteiger partial charge in [-0.2, -0.15) is 0 Å². The number of rotatable bonds is 5. The van der Waals surface area contributed by atoms with Gasteiger partial charge in [0.2, 0.25) is 0 Å². The van der Waals surface area contributed by atoms with Crippen molar-refractivity contribution in [3.63, 3.8) is 0 Å². The highest BCUT2D eigenvalue weighted by atomic mass is 35.5. The first-order chi connectivity index (χ1) is 15.4. The van der Waals surface area contributed by atoms with Crippen molar-refractivity contribution in [2.75, 3.05) is 19.6 Å². The summed E-state index contributed by atoms with van der Waals surface area (Å²) in [6, 6.07) is 11.9. The SMILES string of the molecule is CC1(C)Cc2cccc(CN3CCC(CNC(=O)c4nc5ccc(Cl)cc5[nH]4)CC3)c2O1. The number of ether oxygens (including phenoxy) is 1. The lowest BCUT2D eigenvalue weighted by atomic mass is 9.96. The predicted molar refractivity (Wildman–Crippen MR) is 126 cm³/mol. The number of carbonyl (C=O) groups excluding carboxylic acids is 1. The summed E-state index contributed by atoms with van der Waals surface area (Å²) in [6.07, 6.45) is 3.10. The van der Waals surface area contributed by atoms with E-state index in [1.54, 1.807) is 12.1 Å². The number of hydrogen-bond acceptors (Lipinski definition) is 4. The number of aromatic amines is 1. The first-order valence-electron chi connectivity index (χ1n) is 11.3. The Kier molecular flexibility index (Phi) is 5.59. The van der Waals surface area contributed by atoms with Gasteiger partial charge in [-0.15, -0.1) is 0 Å². The lowest BCUT2D eigenvalue weighted by molar-refractivity contribution is 0.0925. The van der Waals surface area contributed by atoms with Crippen LogP contribution in [0.15, 0.2) is 36.4 Å². The quantitative estimate of drug-likeness (QED) is 0.594. The zero-order valence-electron chi connectivity index (χ0n) is 18.6. The van der Waals surface area contributed by atoms with E-state index in [2.05, 4.69) is 52.2 Å². The predicted octanol–water partition coefficient (Wildman–Crippen LogP) is 4.57. The second kappa shape index (κ2) is 8.41. The number of likely N-dealkylation sites (tertiary alicyclic amines) is 1. The largest absolute Gasteiger partial charge is 0.487 e. The number of imidazole rings is 1. The number of nitrogens with one attached hydrogen (secondary N) is 2. The van der Waals surface area contributed by atoms with Gasteiger partial charge in [0.15, 0.2) is 5.82 Å². The molecule has 1 saturated heterocycles. The van der Waals surface area contributed by atoms with Crippen LogP contribution in [0.25, 0.3) is 11.0 Å². The Hall–Kier alpha value is -2.57. The average Bonchev–Trinajstić information content (AvgIpc) is 3.32. The summed E-state index contributed by atoms with van der Waals surface area (Å²) >= 11 is 6.01. The summed E-state index contributed by atoms with van der Waals surface area (Å²) in [5.41, 5.74) is 4.00. The van der Waals surface area contributed by atoms with Crippen LogP contribution in [0.4, 0.5) is 0 Å². The van der Waals surface area contributed by atoms with Crippen LogP contribution in [0.3, 0.4) is 0 Å². The van der Waals surface area contributed by atoms with Crippen LogP contribution in [0, 0.1) is 5.92 Å². The maximum atomic E-state index is 12.5. The molecule has 0 unspecified atom stereocenters. The molecule has 1 amide bonds. The van der Waals surface area contributed by atoms with Crippen LogP contribution in [-0.4, -0.2) is 46.0 Å². The molecule has 0 spiro atoms. The molecule has 0 atom stereocenters. The van der Waals surface area contributed by atoms with Crippen molar-refractivity contribution in [2.45, 2.75) is 45.3 Å². The molecule has 5 rings (SSSR count). The molecule has 2 aliphatic heterocycles. The minimum Gasteiger partial charge on any atom is -0.487 e. The number of hydrogen-bond donors (Lipinski definition) is 2. The molecule has 3 aromatic rings. The Morgan fingerprint density at radius 3 is 2.91 bits per heavy atom. The van der Waals surface area contributed by atoms with Gasteiger partial charge in [-0.3, -0.25) is 9.69 Å². The molecule has 0 radical (unpaired) electrons. The number of nitrogens with zero attached hydrogens (tertiary/aromatic N) is 2. The van der Waals surface area contributed by atoms with Gasteiger partial charge < -0.3 is 15.0 Å². The molecule has 2 aromatic carbocycles.